The Labute approximate surface area is 152 Å². The molecule has 2 aliphatic rings. The van der Waals surface area contributed by atoms with Crippen molar-refractivity contribution in [1.29, 1.82) is 0 Å². The summed E-state index contributed by atoms with van der Waals surface area (Å²) < 4.78 is 0. The van der Waals surface area contributed by atoms with Crippen molar-refractivity contribution >= 4 is 8.07 Å². The van der Waals surface area contributed by atoms with Crippen molar-refractivity contribution in [2.45, 2.75) is 53.6 Å². The molecule has 0 aromatic carbocycles. The second-order valence-corrected chi connectivity index (χ2v) is 10.1. The fourth-order valence-corrected chi connectivity index (χ4v) is 6.52. The molecule has 0 saturated heterocycles. The van der Waals surface area contributed by atoms with Gasteiger partial charge in [0.15, 0.2) is 0 Å². The minimum Gasteiger partial charge on any atom is -1.00 e. The van der Waals surface area contributed by atoms with E-state index in [1.807, 2.05) is 0 Å². The van der Waals surface area contributed by atoms with Crippen molar-refractivity contribution < 1.29 is 46.5 Å². The van der Waals surface area contributed by atoms with Gasteiger partial charge in [-0.2, -0.15) is 11.1 Å². The van der Waals surface area contributed by atoms with Crippen molar-refractivity contribution in [1.82, 2.24) is 0 Å². The van der Waals surface area contributed by atoms with Gasteiger partial charge in [-0.1, -0.05) is 26.9 Å². The van der Waals surface area contributed by atoms with E-state index >= 15 is 0 Å². The molecule has 0 saturated carbocycles. The van der Waals surface area contributed by atoms with E-state index in [1.54, 1.807) is 0 Å². The largest absolute Gasteiger partial charge is 4.00 e. The van der Waals surface area contributed by atoms with Crippen molar-refractivity contribution in [3.05, 3.63) is 44.8 Å². The van der Waals surface area contributed by atoms with Gasteiger partial charge in [0.2, 0.25) is 0 Å². The van der Waals surface area contributed by atoms with E-state index in [4.69, 9.17) is 0 Å². The monoisotopic (exact) mass is 360 g/mol. The minimum atomic E-state index is -1.55. The van der Waals surface area contributed by atoms with Crippen LogP contribution in [0.4, 0.5) is 0 Å². The van der Waals surface area contributed by atoms with Crippen LogP contribution in [0.25, 0.3) is 0 Å². The van der Waals surface area contributed by atoms with Gasteiger partial charge in [-0.05, 0) is 0 Å². The standard InChI is InChI=1S/C16H22Si.2ClH.Ti/c1-11-7-9-15(13(11)3)17(5,6)16-10-8-12(2)14(16)4;;;/h7-8H2,1-6H3;2*1H;/q-2;;;+4/p-2. The molecule has 0 nitrogen and oxygen atoms in total. The molecule has 0 unspecified atom stereocenters. The van der Waals surface area contributed by atoms with Crippen LogP contribution >= 0.6 is 0 Å². The summed E-state index contributed by atoms with van der Waals surface area (Å²) in [5.74, 6) is 0. The van der Waals surface area contributed by atoms with E-state index in [0.29, 0.717) is 0 Å². The predicted molar refractivity (Wildman–Crippen MR) is 77.0 cm³/mol. The predicted octanol–water partition coefficient (Wildman–Crippen LogP) is -1.28. The normalized spacial score (nSPS) is 18.1. The molecule has 0 aromatic heterocycles. The zero-order chi connectivity index (χ0) is 12.8. The van der Waals surface area contributed by atoms with E-state index in [1.165, 1.54) is 32.7 Å². The summed E-state index contributed by atoms with van der Waals surface area (Å²) in [4.78, 5) is 0. The van der Waals surface area contributed by atoms with Gasteiger partial charge < -0.3 is 24.8 Å². The van der Waals surface area contributed by atoms with Crippen LogP contribution in [0.2, 0.25) is 13.1 Å². The van der Waals surface area contributed by atoms with Crippen LogP contribution < -0.4 is 24.8 Å². The Morgan fingerprint density at radius 2 is 1.05 bits per heavy atom. The molecule has 0 amide bonds. The van der Waals surface area contributed by atoms with Gasteiger partial charge in [-0.25, -0.2) is 21.5 Å². The third-order valence-corrected chi connectivity index (χ3v) is 7.94. The zero-order valence-corrected chi connectivity index (χ0v) is 17.2. The van der Waals surface area contributed by atoms with Crippen LogP contribution in [-0.2, 0) is 21.7 Å². The molecule has 0 radical (unpaired) electrons. The Morgan fingerprint density at radius 1 is 0.750 bits per heavy atom. The molecule has 0 atom stereocenters. The van der Waals surface area contributed by atoms with Crippen LogP contribution in [0.3, 0.4) is 0 Å². The minimum absolute atomic E-state index is 0. The number of allylic oxidation sites excluding steroid dienone is 8. The first-order valence-electron chi connectivity index (χ1n) is 6.41. The van der Waals surface area contributed by atoms with Crippen molar-refractivity contribution in [3.8, 4) is 0 Å². The molecule has 2 rings (SSSR count). The van der Waals surface area contributed by atoms with E-state index in [0.717, 1.165) is 12.8 Å². The molecule has 0 fully saturated rings. The summed E-state index contributed by atoms with van der Waals surface area (Å²) in [5, 5.41) is 3.04. The van der Waals surface area contributed by atoms with E-state index < -0.39 is 8.07 Å². The summed E-state index contributed by atoms with van der Waals surface area (Å²) in [7, 11) is -1.55. The van der Waals surface area contributed by atoms with Crippen molar-refractivity contribution in [2.24, 2.45) is 0 Å². The number of hydrogen-bond donors (Lipinski definition) is 0. The maximum atomic E-state index is 3.63. The third-order valence-electron chi connectivity index (χ3n) is 4.34. The Bertz CT molecular complexity index is 453. The molecule has 0 bridgehead atoms. The fraction of sp³-hybridized carbons (Fsp3) is 0.500. The molecule has 108 valence electrons. The number of hydrogen-bond acceptors (Lipinski definition) is 0. The molecule has 2 aliphatic carbocycles. The number of halogens is 2. The fourth-order valence-electron chi connectivity index (χ4n) is 2.90. The van der Waals surface area contributed by atoms with Crippen LogP contribution in [0.15, 0.2) is 32.7 Å². The van der Waals surface area contributed by atoms with Crippen LogP contribution in [0.5, 0.6) is 0 Å². The Kier molecular flexibility index (Phi) is 9.32. The second kappa shape index (κ2) is 8.20. The van der Waals surface area contributed by atoms with Gasteiger partial charge in [0.05, 0.1) is 0 Å². The van der Waals surface area contributed by atoms with Gasteiger partial charge in [0.1, 0.15) is 0 Å². The van der Waals surface area contributed by atoms with E-state index in [2.05, 4.69) is 52.9 Å². The molecule has 0 N–H and O–H groups in total. The average molecular weight is 361 g/mol. The molecular formula is C16H22Cl2SiTi. The molecule has 0 spiro atoms. The summed E-state index contributed by atoms with van der Waals surface area (Å²) >= 11 is 0. The first kappa shape index (κ1) is 22.7. The summed E-state index contributed by atoms with van der Waals surface area (Å²) in [6.45, 7) is 13.9. The molecule has 4 heteroatoms. The first-order valence-corrected chi connectivity index (χ1v) is 9.41. The van der Waals surface area contributed by atoms with E-state index in [-0.39, 0.29) is 46.5 Å². The topological polar surface area (TPSA) is 0 Å². The van der Waals surface area contributed by atoms with Gasteiger partial charge in [-0.3, -0.25) is 12.2 Å². The maximum Gasteiger partial charge on any atom is 4.00 e. The Morgan fingerprint density at radius 3 is 1.25 bits per heavy atom. The average Bonchev–Trinajstić information content (AvgIpc) is 2.75. The number of rotatable bonds is 2. The molecule has 20 heavy (non-hydrogen) atoms. The molecule has 0 heterocycles. The van der Waals surface area contributed by atoms with Gasteiger partial charge in [-0.15, -0.1) is 26.7 Å². The first-order chi connectivity index (χ1) is 7.85. The Hall–Kier alpha value is 0.471. The maximum absolute atomic E-state index is 3.63. The SMILES string of the molecule is CC1=C(C)C([Si](C)(C)C2=[C-]CC(C)=C2C)=[C-]C1.[Cl-].[Cl-].[Ti+4]. The van der Waals surface area contributed by atoms with Gasteiger partial charge in [0.25, 0.3) is 0 Å². The van der Waals surface area contributed by atoms with Gasteiger partial charge in [0, 0.05) is 8.07 Å². The summed E-state index contributed by atoms with van der Waals surface area (Å²) in [6.07, 6.45) is 9.33. The van der Waals surface area contributed by atoms with Crippen LogP contribution in [0.1, 0.15) is 40.5 Å². The van der Waals surface area contributed by atoms with Crippen molar-refractivity contribution in [3.63, 3.8) is 0 Å². The zero-order valence-electron chi connectivity index (χ0n) is 13.2. The second-order valence-electron chi connectivity index (χ2n) is 5.89. The summed E-state index contributed by atoms with van der Waals surface area (Å²) in [6, 6.07) is 0. The third kappa shape index (κ3) is 3.81. The van der Waals surface area contributed by atoms with Crippen molar-refractivity contribution in [2.75, 3.05) is 0 Å². The van der Waals surface area contributed by atoms with Gasteiger partial charge >= 0.3 is 21.7 Å². The smallest absolute Gasteiger partial charge is 1.00 e. The molecular weight excluding hydrogens is 339 g/mol. The Balaban J connectivity index is 0. The van der Waals surface area contributed by atoms with Crippen LogP contribution in [-0.4, -0.2) is 8.07 Å². The molecule has 0 aliphatic heterocycles. The van der Waals surface area contributed by atoms with Crippen LogP contribution in [0, 0.1) is 12.2 Å². The van der Waals surface area contributed by atoms with E-state index in [9.17, 15) is 0 Å². The quantitative estimate of drug-likeness (QED) is 0.425. The summed E-state index contributed by atoms with van der Waals surface area (Å²) in [5.41, 5.74) is 5.98. The molecule has 0 aromatic rings.